The molecule has 10 aromatic carbocycles. The maximum absolute atomic E-state index is 5.13. The van der Waals surface area contributed by atoms with E-state index in [0.717, 1.165) is 33.2 Å². The molecule has 0 aliphatic rings. The van der Waals surface area contributed by atoms with Crippen LogP contribution in [0.3, 0.4) is 0 Å². The third-order valence-corrected chi connectivity index (χ3v) is 13.2. The molecule has 284 valence electrons. The van der Waals surface area contributed by atoms with Crippen molar-refractivity contribution < 1.29 is 0 Å². The highest BCUT2D eigenvalue weighted by atomic mass is 32.1. The number of hydrogen-bond acceptors (Lipinski definition) is 3. The minimum atomic E-state index is 0.728. The first-order valence-corrected chi connectivity index (χ1v) is 21.5. The molecule has 3 heteroatoms. The molecule has 2 aromatic heterocycles. The molecule has 0 radical (unpaired) electrons. The van der Waals surface area contributed by atoms with Crippen molar-refractivity contribution in [1.29, 1.82) is 0 Å². The smallest absolute Gasteiger partial charge is 0.160 e. The highest BCUT2D eigenvalue weighted by molar-refractivity contribution is 7.22. The van der Waals surface area contributed by atoms with Crippen molar-refractivity contribution in [3.63, 3.8) is 0 Å². The van der Waals surface area contributed by atoms with Crippen molar-refractivity contribution in [3.05, 3.63) is 218 Å². The number of hydrogen-bond donors (Lipinski definition) is 0. The van der Waals surface area contributed by atoms with Gasteiger partial charge >= 0.3 is 0 Å². The summed E-state index contributed by atoms with van der Waals surface area (Å²) in [5.74, 6) is 0.728. The Morgan fingerprint density at radius 3 is 1.59 bits per heavy atom. The fourth-order valence-electron chi connectivity index (χ4n) is 9.12. The van der Waals surface area contributed by atoms with Crippen LogP contribution < -0.4 is 0 Å². The summed E-state index contributed by atoms with van der Waals surface area (Å²) in [6.07, 6.45) is 0. The van der Waals surface area contributed by atoms with Crippen LogP contribution in [0.5, 0.6) is 0 Å². The van der Waals surface area contributed by atoms with E-state index < -0.39 is 0 Å². The largest absolute Gasteiger partial charge is 0.228 e. The lowest BCUT2D eigenvalue weighted by Gasteiger charge is -2.19. The van der Waals surface area contributed by atoms with Crippen molar-refractivity contribution in [2.24, 2.45) is 0 Å². The first-order valence-electron chi connectivity index (χ1n) is 20.7. The van der Waals surface area contributed by atoms with Gasteiger partial charge in [-0.1, -0.05) is 188 Å². The molecule has 0 unspecified atom stereocenters. The van der Waals surface area contributed by atoms with Crippen molar-refractivity contribution in [3.8, 4) is 66.6 Å². The van der Waals surface area contributed by atoms with E-state index in [0.29, 0.717) is 0 Å². The van der Waals surface area contributed by atoms with E-state index in [1.165, 1.54) is 86.6 Å². The van der Waals surface area contributed by atoms with E-state index in [-0.39, 0.29) is 0 Å². The molecule has 12 rings (SSSR count). The topological polar surface area (TPSA) is 25.8 Å². The van der Waals surface area contributed by atoms with Crippen LogP contribution >= 0.6 is 11.3 Å². The van der Waals surface area contributed by atoms with Crippen LogP contribution in [0.2, 0.25) is 0 Å². The van der Waals surface area contributed by atoms with Gasteiger partial charge < -0.3 is 0 Å². The zero-order valence-corrected chi connectivity index (χ0v) is 33.9. The minimum Gasteiger partial charge on any atom is -0.228 e. The van der Waals surface area contributed by atoms with Crippen LogP contribution in [-0.2, 0) is 0 Å². The van der Waals surface area contributed by atoms with Gasteiger partial charge in [-0.15, -0.1) is 11.3 Å². The maximum atomic E-state index is 5.13. The Morgan fingerprint density at radius 2 is 0.836 bits per heavy atom. The van der Waals surface area contributed by atoms with E-state index in [9.17, 15) is 0 Å². The SMILES string of the molecule is c1ccc(-c2nc(-c3ccc4cc(-c5ccc(-c6c7ccccc7c(-c7ccccc7)c7ccc8ccccc8c67)cc5)ccc4c3)cc(-c3cc4ccccc4s3)n2)cc1. The van der Waals surface area contributed by atoms with Crippen LogP contribution in [-0.4, -0.2) is 9.97 Å². The van der Waals surface area contributed by atoms with Gasteiger partial charge in [0.15, 0.2) is 5.82 Å². The van der Waals surface area contributed by atoms with Crippen LogP contribution in [0.25, 0.3) is 120 Å². The quantitative estimate of drug-likeness (QED) is 0.124. The summed E-state index contributed by atoms with van der Waals surface area (Å²) in [6.45, 7) is 0. The van der Waals surface area contributed by atoms with E-state index in [4.69, 9.17) is 9.97 Å². The molecule has 0 N–H and O–H groups in total. The van der Waals surface area contributed by atoms with Gasteiger partial charge in [0.2, 0.25) is 0 Å². The summed E-state index contributed by atoms with van der Waals surface area (Å²) in [7, 11) is 0. The predicted molar refractivity (Wildman–Crippen MR) is 260 cm³/mol. The molecule has 61 heavy (non-hydrogen) atoms. The van der Waals surface area contributed by atoms with Crippen molar-refractivity contribution in [2.45, 2.75) is 0 Å². The summed E-state index contributed by atoms with van der Waals surface area (Å²) in [6, 6.07) is 78.9. The number of aromatic nitrogens is 2. The molecule has 0 saturated carbocycles. The van der Waals surface area contributed by atoms with Gasteiger partial charge in [0.25, 0.3) is 0 Å². The molecule has 0 bridgehead atoms. The number of benzene rings is 10. The Kier molecular flexibility index (Phi) is 8.39. The van der Waals surface area contributed by atoms with Gasteiger partial charge in [0.05, 0.1) is 16.3 Å². The van der Waals surface area contributed by atoms with Crippen LogP contribution in [0, 0.1) is 0 Å². The lowest BCUT2D eigenvalue weighted by molar-refractivity contribution is 1.19. The zero-order valence-electron chi connectivity index (χ0n) is 33.1. The van der Waals surface area contributed by atoms with Crippen molar-refractivity contribution in [1.82, 2.24) is 9.97 Å². The highest BCUT2D eigenvalue weighted by Gasteiger charge is 2.19. The lowest BCUT2D eigenvalue weighted by atomic mass is 9.84. The molecule has 0 amide bonds. The minimum absolute atomic E-state index is 0.728. The fraction of sp³-hybridized carbons (Fsp3) is 0. The van der Waals surface area contributed by atoms with Crippen LogP contribution in [0.15, 0.2) is 218 Å². The molecule has 2 nitrogen and oxygen atoms in total. The monoisotopic (exact) mass is 792 g/mol. The Bertz CT molecular complexity index is 3590. The average molecular weight is 793 g/mol. The third kappa shape index (κ3) is 6.18. The molecule has 0 atom stereocenters. The van der Waals surface area contributed by atoms with Crippen molar-refractivity contribution >= 4 is 64.5 Å². The van der Waals surface area contributed by atoms with E-state index in [1.54, 1.807) is 11.3 Å². The molecule has 0 saturated heterocycles. The second-order valence-corrected chi connectivity index (χ2v) is 16.8. The average Bonchev–Trinajstić information content (AvgIpc) is 3.78. The molecule has 0 aliphatic carbocycles. The number of fused-ring (bicyclic) bond motifs is 6. The van der Waals surface area contributed by atoms with Gasteiger partial charge in [0.1, 0.15) is 0 Å². The number of rotatable bonds is 6. The maximum Gasteiger partial charge on any atom is 0.160 e. The summed E-state index contributed by atoms with van der Waals surface area (Å²) < 4.78 is 1.25. The summed E-state index contributed by atoms with van der Waals surface area (Å²) in [5.41, 5.74) is 11.3. The zero-order chi connectivity index (χ0) is 40.3. The van der Waals surface area contributed by atoms with Gasteiger partial charge in [-0.2, -0.15) is 0 Å². The standard InChI is InChI=1S/C58H36N2S/c1-3-14-39(15-4-1)55-48-20-10-11-21-49(48)56(57-47-19-9-7-13-38(47)31-32-50(55)57)40-25-23-37(24-26-40)42-27-28-44-34-45(30-29-43(44)33-42)51-36-52(54-35-46-18-8-12-22-53(46)61-54)60-58(59-51)41-16-5-2-6-17-41/h1-36H. The second-order valence-electron chi connectivity index (χ2n) is 15.7. The van der Waals surface area contributed by atoms with Gasteiger partial charge in [-0.05, 0) is 112 Å². The first-order chi connectivity index (χ1) is 30.2. The molecule has 12 aromatic rings. The van der Waals surface area contributed by atoms with E-state index >= 15 is 0 Å². The Labute approximate surface area is 357 Å². The highest BCUT2D eigenvalue weighted by Crippen LogP contribution is 2.46. The normalized spacial score (nSPS) is 11.6. The van der Waals surface area contributed by atoms with E-state index in [1.807, 2.05) is 18.2 Å². The summed E-state index contributed by atoms with van der Waals surface area (Å²) in [4.78, 5) is 11.3. The Hall–Kier alpha value is -7.72. The third-order valence-electron chi connectivity index (χ3n) is 12.1. The molecule has 0 spiro atoms. The first kappa shape index (κ1) is 35.2. The van der Waals surface area contributed by atoms with Crippen LogP contribution in [0.1, 0.15) is 0 Å². The summed E-state index contributed by atoms with van der Waals surface area (Å²) in [5, 5.41) is 11.2. The summed E-state index contributed by atoms with van der Waals surface area (Å²) >= 11 is 1.77. The number of nitrogens with zero attached hydrogens (tertiary/aromatic N) is 2. The Balaban J connectivity index is 0.939. The second kappa shape index (κ2) is 14.5. The van der Waals surface area contributed by atoms with Gasteiger partial charge in [-0.25, -0.2) is 9.97 Å². The molecule has 2 heterocycles. The molecule has 0 aliphatic heterocycles. The molecular formula is C58H36N2S. The molecular weight excluding hydrogens is 757 g/mol. The van der Waals surface area contributed by atoms with E-state index in [2.05, 4.69) is 200 Å². The predicted octanol–water partition coefficient (Wildman–Crippen LogP) is 16.3. The fourth-order valence-corrected chi connectivity index (χ4v) is 10.1. The van der Waals surface area contributed by atoms with Crippen molar-refractivity contribution in [2.75, 3.05) is 0 Å². The van der Waals surface area contributed by atoms with Crippen LogP contribution in [0.4, 0.5) is 0 Å². The van der Waals surface area contributed by atoms with Gasteiger partial charge in [-0.3, -0.25) is 0 Å². The molecule has 0 fully saturated rings. The Morgan fingerprint density at radius 1 is 0.295 bits per heavy atom. The lowest BCUT2D eigenvalue weighted by Crippen LogP contribution is -1.95. The number of thiophene rings is 1. The van der Waals surface area contributed by atoms with Gasteiger partial charge in [0, 0.05) is 15.8 Å².